The Balaban J connectivity index is 1.73. The van der Waals surface area contributed by atoms with Gasteiger partial charge in [-0.05, 0) is 48.7 Å². The number of guanidine groups is 1. The second-order valence-electron chi connectivity index (χ2n) is 7.30. The maximum Gasteiger partial charge on any atom is 0.253 e. The lowest BCUT2D eigenvalue weighted by Crippen LogP contribution is -2.42. The van der Waals surface area contributed by atoms with Crippen LogP contribution in [0, 0.1) is 12.7 Å². The van der Waals surface area contributed by atoms with Gasteiger partial charge in [0.2, 0.25) is 0 Å². The first kappa shape index (κ1) is 23.9. The van der Waals surface area contributed by atoms with Crippen LogP contribution >= 0.6 is 0 Å². The summed E-state index contributed by atoms with van der Waals surface area (Å²) < 4.78 is 13.6. The summed E-state index contributed by atoms with van der Waals surface area (Å²) >= 11 is 0. The van der Waals surface area contributed by atoms with E-state index < -0.39 is 5.82 Å². The molecule has 0 radical (unpaired) electrons. The summed E-state index contributed by atoms with van der Waals surface area (Å²) in [6.45, 7) is 3.12. The summed E-state index contributed by atoms with van der Waals surface area (Å²) in [5, 5.41) is 9.07. The quantitative estimate of drug-likeness (QED) is 0.342. The van der Waals surface area contributed by atoms with Crippen molar-refractivity contribution in [3.8, 4) is 0 Å². The first-order valence-corrected chi connectivity index (χ1v) is 10.1. The fraction of sp³-hybridized carbons (Fsp3) is 0.348. The Bertz CT molecular complexity index is 943. The third-order valence-corrected chi connectivity index (χ3v) is 4.65. The minimum atomic E-state index is -0.396. The van der Waals surface area contributed by atoms with E-state index in [4.69, 9.17) is 0 Å². The highest BCUT2D eigenvalue weighted by Crippen LogP contribution is 2.09. The molecular formula is C23H30FN5O2. The van der Waals surface area contributed by atoms with Crippen molar-refractivity contribution in [2.24, 2.45) is 4.99 Å². The van der Waals surface area contributed by atoms with Gasteiger partial charge >= 0.3 is 0 Å². The Hall–Kier alpha value is -3.42. The van der Waals surface area contributed by atoms with E-state index in [1.807, 2.05) is 18.2 Å². The zero-order chi connectivity index (χ0) is 22.8. The standard InChI is InChI=1S/C23H30FN5O2/c1-16-8-9-18(15-20(16)24)21(30)26-12-13-28-23(25-2)27-11-10-17-6-5-7-19(14-17)22(31)29(3)4/h5-9,14-15H,10-13H2,1-4H3,(H,26,30)(H2,25,27,28). The lowest BCUT2D eigenvalue weighted by Gasteiger charge is -2.13. The molecular weight excluding hydrogens is 397 g/mol. The second-order valence-corrected chi connectivity index (χ2v) is 7.30. The van der Waals surface area contributed by atoms with Crippen molar-refractivity contribution in [2.45, 2.75) is 13.3 Å². The van der Waals surface area contributed by atoms with Gasteiger partial charge in [0.15, 0.2) is 5.96 Å². The molecule has 2 aromatic carbocycles. The molecule has 166 valence electrons. The zero-order valence-corrected chi connectivity index (χ0v) is 18.5. The molecule has 0 aliphatic carbocycles. The number of rotatable bonds is 8. The number of carbonyl (C=O) groups is 2. The Morgan fingerprint density at radius 3 is 2.35 bits per heavy atom. The van der Waals surface area contributed by atoms with Gasteiger partial charge in [-0.1, -0.05) is 18.2 Å². The van der Waals surface area contributed by atoms with Gasteiger partial charge < -0.3 is 20.9 Å². The van der Waals surface area contributed by atoms with Crippen molar-refractivity contribution in [3.63, 3.8) is 0 Å². The van der Waals surface area contributed by atoms with Crippen molar-refractivity contribution >= 4 is 17.8 Å². The molecule has 0 fully saturated rings. The van der Waals surface area contributed by atoms with Crippen LogP contribution in [0.25, 0.3) is 0 Å². The molecule has 0 saturated heterocycles. The number of aliphatic imine (C=N–C) groups is 1. The second kappa shape index (κ2) is 11.7. The molecule has 0 spiro atoms. The summed E-state index contributed by atoms with van der Waals surface area (Å²) in [5.74, 6) is -0.137. The number of aryl methyl sites for hydroxylation is 1. The van der Waals surface area contributed by atoms with Gasteiger partial charge in [-0.25, -0.2) is 4.39 Å². The van der Waals surface area contributed by atoms with Gasteiger partial charge in [0.1, 0.15) is 5.82 Å². The van der Waals surface area contributed by atoms with Crippen LogP contribution in [-0.4, -0.2) is 63.5 Å². The molecule has 7 nitrogen and oxygen atoms in total. The maximum absolute atomic E-state index is 13.6. The summed E-state index contributed by atoms with van der Waals surface area (Å²) in [5.41, 5.74) is 2.51. The van der Waals surface area contributed by atoms with Crippen molar-refractivity contribution in [1.29, 1.82) is 0 Å². The van der Waals surface area contributed by atoms with Crippen LogP contribution in [0.2, 0.25) is 0 Å². The van der Waals surface area contributed by atoms with Crippen molar-refractivity contribution in [3.05, 3.63) is 70.5 Å². The topological polar surface area (TPSA) is 85.8 Å². The molecule has 2 rings (SSSR count). The summed E-state index contributed by atoms with van der Waals surface area (Å²) in [6, 6.07) is 12.0. The maximum atomic E-state index is 13.6. The summed E-state index contributed by atoms with van der Waals surface area (Å²) in [4.78, 5) is 29.9. The SMILES string of the molecule is CN=C(NCCNC(=O)c1ccc(C)c(F)c1)NCCc1cccc(C(=O)N(C)C)c1. The van der Waals surface area contributed by atoms with Gasteiger partial charge in [-0.3, -0.25) is 14.6 Å². The Morgan fingerprint density at radius 1 is 0.968 bits per heavy atom. The number of carbonyl (C=O) groups excluding carboxylic acids is 2. The van der Waals surface area contributed by atoms with Crippen LogP contribution < -0.4 is 16.0 Å². The van der Waals surface area contributed by atoms with Crippen molar-refractivity contribution in [2.75, 3.05) is 40.8 Å². The molecule has 2 aromatic rings. The van der Waals surface area contributed by atoms with Crippen LogP contribution in [0.15, 0.2) is 47.5 Å². The van der Waals surface area contributed by atoms with Gasteiger partial charge in [0.25, 0.3) is 11.8 Å². The molecule has 0 unspecified atom stereocenters. The summed E-state index contributed by atoms with van der Waals surface area (Å²) in [6.07, 6.45) is 0.727. The number of amides is 2. The summed E-state index contributed by atoms with van der Waals surface area (Å²) in [7, 11) is 5.13. The predicted molar refractivity (Wildman–Crippen MR) is 121 cm³/mol. The third kappa shape index (κ3) is 7.40. The molecule has 0 saturated carbocycles. The van der Waals surface area contributed by atoms with E-state index in [0.717, 1.165) is 12.0 Å². The zero-order valence-electron chi connectivity index (χ0n) is 18.5. The van der Waals surface area contributed by atoms with E-state index in [9.17, 15) is 14.0 Å². The Morgan fingerprint density at radius 2 is 1.68 bits per heavy atom. The number of halogens is 1. The number of hydrogen-bond donors (Lipinski definition) is 3. The molecule has 0 aliphatic heterocycles. The smallest absolute Gasteiger partial charge is 0.253 e. The first-order chi connectivity index (χ1) is 14.8. The van der Waals surface area contributed by atoms with Gasteiger partial charge in [0, 0.05) is 51.9 Å². The monoisotopic (exact) mass is 427 g/mol. The lowest BCUT2D eigenvalue weighted by atomic mass is 10.1. The molecule has 31 heavy (non-hydrogen) atoms. The molecule has 8 heteroatoms. The minimum Gasteiger partial charge on any atom is -0.356 e. The number of nitrogens with zero attached hydrogens (tertiary/aromatic N) is 2. The van der Waals surface area contributed by atoms with E-state index in [-0.39, 0.29) is 11.8 Å². The van der Waals surface area contributed by atoms with E-state index in [1.165, 1.54) is 6.07 Å². The highest BCUT2D eigenvalue weighted by atomic mass is 19.1. The van der Waals surface area contributed by atoms with E-state index in [0.29, 0.717) is 42.3 Å². The fourth-order valence-corrected chi connectivity index (χ4v) is 2.86. The normalized spacial score (nSPS) is 11.1. The average Bonchev–Trinajstić information content (AvgIpc) is 2.76. The van der Waals surface area contributed by atoms with Crippen LogP contribution in [0.3, 0.4) is 0 Å². The van der Waals surface area contributed by atoms with Crippen molar-refractivity contribution < 1.29 is 14.0 Å². The molecule has 0 heterocycles. The highest BCUT2D eigenvalue weighted by molar-refractivity contribution is 5.94. The van der Waals surface area contributed by atoms with Gasteiger partial charge in [0.05, 0.1) is 0 Å². The van der Waals surface area contributed by atoms with E-state index in [1.54, 1.807) is 51.2 Å². The molecule has 0 bridgehead atoms. The Labute approximate surface area is 182 Å². The number of nitrogens with one attached hydrogen (secondary N) is 3. The molecule has 2 amide bonds. The lowest BCUT2D eigenvalue weighted by molar-refractivity contribution is 0.0827. The minimum absolute atomic E-state index is 0.0253. The predicted octanol–water partition coefficient (Wildman–Crippen LogP) is 1.97. The first-order valence-electron chi connectivity index (χ1n) is 10.1. The number of benzene rings is 2. The Kier molecular flexibility index (Phi) is 8.99. The number of hydrogen-bond acceptors (Lipinski definition) is 3. The van der Waals surface area contributed by atoms with Gasteiger partial charge in [-0.15, -0.1) is 0 Å². The molecule has 0 aliphatic rings. The van der Waals surface area contributed by atoms with Crippen LogP contribution in [-0.2, 0) is 6.42 Å². The molecule has 0 aromatic heterocycles. The van der Waals surface area contributed by atoms with E-state index >= 15 is 0 Å². The van der Waals surface area contributed by atoms with Gasteiger partial charge in [-0.2, -0.15) is 0 Å². The molecule has 3 N–H and O–H groups in total. The van der Waals surface area contributed by atoms with Crippen LogP contribution in [0.4, 0.5) is 4.39 Å². The van der Waals surface area contributed by atoms with Crippen molar-refractivity contribution in [1.82, 2.24) is 20.9 Å². The highest BCUT2D eigenvalue weighted by Gasteiger charge is 2.09. The van der Waals surface area contributed by atoms with Crippen LogP contribution in [0.1, 0.15) is 31.8 Å². The van der Waals surface area contributed by atoms with E-state index in [2.05, 4.69) is 20.9 Å². The third-order valence-electron chi connectivity index (χ3n) is 4.65. The van der Waals surface area contributed by atoms with Crippen LogP contribution in [0.5, 0.6) is 0 Å². The molecule has 0 atom stereocenters. The average molecular weight is 428 g/mol. The largest absolute Gasteiger partial charge is 0.356 e. The fourth-order valence-electron chi connectivity index (χ4n) is 2.86.